The normalized spacial score (nSPS) is 19.9. The van der Waals surface area contributed by atoms with Crippen LogP contribution in [0.5, 0.6) is 0 Å². The smallest absolute Gasteiger partial charge is 0.321 e. The van der Waals surface area contributed by atoms with Crippen molar-refractivity contribution < 1.29 is 29.7 Å². The fraction of sp³-hybridized carbons (Fsp3) is 0.667. The van der Waals surface area contributed by atoms with E-state index in [-0.39, 0.29) is 6.04 Å². The number of rotatable bonds is 4. The molecule has 6 N–H and O–H groups in total. The molecule has 0 aromatic heterocycles. The van der Waals surface area contributed by atoms with E-state index in [2.05, 4.69) is 5.32 Å². The molecule has 98 valence electrons. The van der Waals surface area contributed by atoms with Gasteiger partial charge in [-0.3, -0.25) is 14.4 Å². The Labute approximate surface area is 97.4 Å². The Hall–Kier alpha value is -1.67. The van der Waals surface area contributed by atoms with Gasteiger partial charge in [0.1, 0.15) is 12.1 Å². The quantitative estimate of drug-likeness (QED) is 0.411. The summed E-state index contributed by atoms with van der Waals surface area (Å²) in [6.45, 7) is 0.858. The first-order chi connectivity index (χ1) is 7.84. The highest BCUT2D eigenvalue weighted by Crippen LogP contribution is 2.03. The lowest BCUT2D eigenvalue weighted by Crippen LogP contribution is -2.32. The van der Waals surface area contributed by atoms with Gasteiger partial charge in [0.05, 0.1) is 6.42 Å². The molecule has 0 unspecified atom stereocenters. The topological polar surface area (TPSA) is 150 Å². The Bertz CT molecular complexity index is 287. The van der Waals surface area contributed by atoms with Crippen molar-refractivity contribution >= 4 is 17.9 Å². The number of nitrogens with two attached hydrogens (primary N) is 1. The van der Waals surface area contributed by atoms with Crippen LogP contribution < -0.4 is 11.1 Å². The van der Waals surface area contributed by atoms with Crippen LogP contribution in [0.3, 0.4) is 0 Å². The fourth-order valence-electron chi connectivity index (χ4n) is 1.17. The molecular weight excluding hydrogens is 232 g/mol. The summed E-state index contributed by atoms with van der Waals surface area (Å²) >= 11 is 0. The van der Waals surface area contributed by atoms with Gasteiger partial charge < -0.3 is 26.4 Å². The molecule has 8 heteroatoms. The van der Waals surface area contributed by atoms with Crippen molar-refractivity contribution in [3.63, 3.8) is 0 Å². The molecule has 1 saturated heterocycles. The van der Waals surface area contributed by atoms with E-state index in [4.69, 9.17) is 21.1 Å². The Kier molecular flexibility index (Phi) is 6.83. The van der Waals surface area contributed by atoms with Gasteiger partial charge in [0, 0.05) is 0 Å². The molecule has 0 aliphatic carbocycles. The summed E-state index contributed by atoms with van der Waals surface area (Å²) in [6, 6.07) is -1.56. The third kappa shape index (κ3) is 7.25. The van der Waals surface area contributed by atoms with Gasteiger partial charge in [-0.25, -0.2) is 0 Å². The van der Waals surface area contributed by atoms with Crippen LogP contribution in [-0.2, 0) is 14.4 Å². The van der Waals surface area contributed by atoms with Crippen LogP contribution in [0.2, 0.25) is 0 Å². The first-order valence-electron chi connectivity index (χ1n) is 5.01. The minimum absolute atomic E-state index is 0.269. The summed E-state index contributed by atoms with van der Waals surface area (Å²) in [4.78, 5) is 29.8. The standard InChI is InChI=1S/C5H9NO2.C4H7NO4/c7-5(8)4-2-1-3-6-4;5-2(4(8)9)1-3(6)7/h4,6H,1-3H2,(H,7,8);2H,1,5H2,(H,6,7)(H,8,9)/t4-;2-/m10/s1. The number of carboxylic acids is 3. The van der Waals surface area contributed by atoms with Crippen molar-refractivity contribution in [1.82, 2.24) is 5.32 Å². The highest BCUT2D eigenvalue weighted by atomic mass is 16.4. The van der Waals surface area contributed by atoms with Crippen LogP contribution in [0.4, 0.5) is 0 Å². The number of aliphatic carboxylic acids is 3. The first-order valence-corrected chi connectivity index (χ1v) is 5.01. The summed E-state index contributed by atoms with van der Waals surface area (Å²) in [5.41, 5.74) is 4.84. The maximum Gasteiger partial charge on any atom is 0.321 e. The van der Waals surface area contributed by atoms with E-state index in [1.54, 1.807) is 0 Å². The zero-order chi connectivity index (χ0) is 13.4. The molecule has 0 spiro atoms. The Balaban J connectivity index is 0.000000302. The second kappa shape index (κ2) is 7.58. The Morgan fingerprint density at radius 2 is 1.88 bits per heavy atom. The van der Waals surface area contributed by atoms with Gasteiger partial charge in [0.25, 0.3) is 0 Å². The van der Waals surface area contributed by atoms with E-state index >= 15 is 0 Å². The number of carbonyl (C=O) groups is 3. The van der Waals surface area contributed by atoms with Gasteiger partial charge in [-0.1, -0.05) is 0 Å². The van der Waals surface area contributed by atoms with Crippen molar-refractivity contribution in [2.45, 2.75) is 31.3 Å². The number of carboxylic acid groups (broad SMARTS) is 3. The highest BCUT2D eigenvalue weighted by molar-refractivity contribution is 5.80. The average Bonchev–Trinajstić information content (AvgIpc) is 2.69. The van der Waals surface area contributed by atoms with Crippen LogP contribution >= 0.6 is 0 Å². The van der Waals surface area contributed by atoms with E-state index in [0.29, 0.717) is 0 Å². The number of hydrogen-bond acceptors (Lipinski definition) is 5. The zero-order valence-corrected chi connectivity index (χ0v) is 9.13. The molecule has 0 bridgehead atoms. The lowest BCUT2D eigenvalue weighted by atomic mass is 10.2. The molecular formula is C9H16N2O6. The minimum atomic E-state index is -1.29. The summed E-state index contributed by atoms with van der Waals surface area (Å²) < 4.78 is 0. The molecule has 1 fully saturated rings. The molecule has 0 amide bonds. The molecule has 2 atom stereocenters. The van der Waals surface area contributed by atoms with Crippen molar-refractivity contribution in [3.8, 4) is 0 Å². The predicted molar refractivity (Wildman–Crippen MR) is 56.5 cm³/mol. The van der Waals surface area contributed by atoms with Gasteiger partial charge in [0.15, 0.2) is 0 Å². The summed E-state index contributed by atoms with van der Waals surface area (Å²) in [5, 5.41) is 27.2. The van der Waals surface area contributed by atoms with Crippen LogP contribution in [0.25, 0.3) is 0 Å². The van der Waals surface area contributed by atoms with E-state index < -0.39 is 30.4 Å². The van der Waals surface area contributed by atoms with Crippen LogP contribution in [-0.4, -0.2) is 51.9 Å². The van der Waals surface area contributed by atoms with Crippen LogP contribution in [0, 0.1) is 0 Å². The van der Waals surface area contributed by atoms with E-state index in [1.165, 1.54) is 0 Å². The Morgan fingerprint density at radius 1 is 1.29 bits per heavy atom. The van der Waals surface area contributed by atoms with Crippen molar-refractivity contribution in [3.05, 3.63) is 0 Å². The number of nitrogens with one attached hydrogen (secondary N) is 1. The molecule has 1 aliphatic heterocycles. The van der Waals surface area contributed by atoms with E-state index in [0.717, 1.165) is 19.4 Å². The molecule has 0 radical (unpaired) electrons. The molecule has 0 aromatic rings. The summed E-state index contributed by atoms with van der Waals surface area (Å²) in [6.07, 6.45) is 1.25. The van der Waals surface area contributed by atoms with E-state index in [1.807, 2.05) is 0 Å². The third-order valence-electron chi connectivity index (χ3n) is 2.07. The SMILES string of the molecule is N[C@@H](CC(=O)O)C(=O)O.O=C(O)[C@H]1CCCN1. The lowest BCUT2D eigenvalue weighted by molar-refractivity contribution is -0.144. The van der Waals surface area contributed by atoms with Crippen molar-refractivity contribution in [2.24, 2.45) is 5.73 Å². The monoisotopic (exact) mass is 248 g/mol. The summed E-state index contributed by atoms with van der Waals surface area (Å²) in [7, 11) is 0. The van der Waals surface area contributed by atoms with Crippen LogP contribution in [0.15, 0.2) is 0 Å². The predicted octanol–water partition coefficient (Wildman–Crippen LogP) is -1.30. The Morgan fingerprint density at radius 3 is 2.06 bits per heavy atom. The molecule has 1 rings (SSSR count). The largest absolute Gasteiger partial charge is 0.481 e. The second-order valence-electron chi connectivity index (χ2n) is 3.53. The lowest BCUT2D eigenvalue weighted by Gasteiger charge is -1.99. The van der Waals surface area contributed by atoms with Gasteiger partial charge in [-0.05, 0) is 19.4 Å². The van der Waals surface area contributed by atoms with Gasteiger partial charge in [0.2, 0.25) is 0 Å². The second-order valence-corrected chi connectivity index (χ2v) is 3.53. The molecule has 1 heterocycles. The van der Waals surface area contributed by atoms with Crippen LogP contribution in [0.1, 0.15) is 19.3 Å². The first kappa shape index (κ1) is 15.3. The number of hydrogen-bond donors (Lipinski definition) is 5. The molecule has 8 nitrogen and oxygen atoms in total. The van der Waals surface area contributed by atoms with Crippen molar-refractivity contribution in [2.75, 3.05) is 6.54 Å². The van der Waals surface area contributed by atoms with Crippen molar-refractivity contribution in [1.29, 1.82) is 0 Å². The van der Waals surface area contributed by atoms with E-state index in [9.17, 15) is 14.4 Å². The fourth-order valence-corrected chi connectivity index (χ4v) is 1.17. The molecule has 17 heavy (non-hydrogen) atoms. The molecule has 1 aliphatic rings. The van der Waals surface area contributed by atoms with Gasteiger partial charge in [-0.2, -0.15) is 0 Å². The highest BCUT2D eigenvalue weighted by Gasteiger charge is 2.20. The summed E-state index contributed by atoms with van der Waals surface area (Å²) in [5.74, 6) is -3.22. The molecule has 0 aromatic carbocycles. The molecule has 0 saturated carbocycles. The third-order valence-corrected chi connectivity index (χ3v) is 2.07. The maximum atomic E-state index is 10.1. The minimum Gasteiger partial charge on any atom is -0.481 e. The van der Waals surface area contributed by atoms with Gasteiger partial charge >= 0.3 is 17.9 Å². The zero-order valence-electron chi connectivity index (χ0n) is 9.13. The average molecular weight is 248 g/mol. The maximum absolute atomic E-state index is 10.1. The van der Waals surface area contributed by atoms with Gasteiger partial charge in [-0.15, -0.1) is 0 Å².